The number of aromatic carboxylic acids is 1. The highest BCUT2D eigenvalue weighted by Crippen LogP contribution is 2.42. The fourth-order valence-electron chi connectivity index (χ4n) is 3.91. The van der Waals surface area contributed by atoms with E-state index in [1.54, 1.807) is 32.9 Å². The number of carboxylic acids is 1. The van der Waals surface area contributed by atoms with Crippen LogP contribution in [-0.4, -0.2) is 32.8 Å². The third kappa shape index (κ3) is 4.85. The maximum absolute atomic E-state index is 13.3. The molecule has 2 aromatic rings. The third-order valence-corrected chi connectivity index (χ3v) is 5.88. The molecule has 1 aliphatic rings. The summed E-state index contributed by atoms with van der Waals surface area (Å²) < 4.78 is 0. The van der Waals surface area contributed by atoms with Crippen LogP contribution in [0.3, 0.4) is 0 Å². The first-order valence-electron chi connectivity index (χ1n) is 10.9. The second kappa shape index (κ2) is 8.50. The standard InChI is InChI=1S/C27H31NO5/c1-26(2,3)19-13-11-17(12-14-19)21-20(23(30)27(4,5)6)22(29)24(31)28(21)15-16-7-9-18(10-8-16)25(32)33/h7-14,21,29H,15H2,1-6H3,(H,32,33). The predicted octanol–water partition coefficient (Wildman–Crippen LogP) is 5.19. The SMILES string of the molecule is CC(C)(C)C(=O)C1=C(O)C(=O)N(Cc2ccc(C(=O)O)cc2)C1c1ccc(C(C)(C)C)cc1. The van der Waals surface area contributed by atoms with Crippen molar-refractivity contribution in [3.8, 4) is 0 Å². The lowest BCUT2D eigenvalue weighted by molar-refractivity contribution is -0.130. The fourth-order valence-corrected chi connectivity index (χ4v) is 3.91. The van der Waals surface area contributed by atoms with Gasteiger partial charge in [0, 0.05) is 12.0 Å². The Morgan fingerprint density at radius 2 is 1.45 bits per heavy atom. The molecule has 1 heterocycles. The largest absolute Gasteiger partial charge is 0.503 e. The van der Waals surface area contributed by atoms with E-state index in [2.05, 4.69) is 20.8 Å². The number of aliphatic hydroxyl groups excluding tert-OH is 1. The highest BCUT2D eigenvalue weighted by atomic mass is 16.4. The van der Waals surface area contributed by atoms with Gasteiger partial charge >= 0.3 is 5.97 Å². The summed E-state index contributed by atoms with van der Waals surface area (Å²) in [5, 5.41) is 19.9. The lowest BCUT2D eigenvalue weighted by Gasteiger charge is -2.29. The Bertz CT molecular complexity index is 1110. The zero-order valence-electron chi connectivity index (χ0n) is 20.0. The van der Waals surface area contributed by atoms with Gasteiger partial charge in [0.05, 0.1) is 17.2 Å². The highest BCUT2D eigenvalue weighted by molar-refractivity contribution is 6.10. The second-order valence-electron chi connectivity index (χ2n) is 10.6. The molecule has 6 heteroatoms. The van der Waals surface area contributed by atoms with Crippen LogP contribution in [0.2, 0.25) is 0 Å². The number of aliphatic hydroxyl groups is 1. The average molecular weight is 450 g/mol. The lowest BCUT2D eigenvalue weighted by atomic mass is 9.81. The monoisotopic (exact) mass is 449 g/mol. The molecule has 0 fully saturated rings. The Morgan fingerprint density at radius 1 is 0.909 bits per heavy atom. The average Bonchev–Trinajstić information content (AvgIpc) is 2.97. The molecular weight excluding hydrogens is 418 g/mol. The molecule has 2 N–H and O–H groups in total. The lowest BCUT2D eigenvalue weighted by Crippen LogP contribution is -2.32. The van der Waals surface area contributed by atoms with Crippen LogP contribution in [-0.2, 0) is 21.5 Å². The van der Waals surface area contributed by atoms with Crippen LogP contribution in [0.25, 0.3) is 0 Å². The van der Waals surface area contributed by atoms with E-state index < -0.39 is 29.1 Å². The molecule has 174 valence electrons. The Kier molecular flexibility index (Phi) is 6.25. The number of nitrogens with zero attached hydrogens (tertiary/aromatic N) is 1. The summed E-state index contributed by atoms with van der Waals surface area (Å²) in [6.07, 6.45) is 0. The number of amides is 1. The summed E-state index contributed by atoms with van der Waals surface area (Å²) in [5.74, 6) is -2.47. The van der Waals surface area contributed by atoms with Crippen LogP contribution < -0.4 is 0 Å². The van der Waals surface area contributed by atoms with Gasteiger partial charge in [0.25, 0.3) is 5.91 Å². The van der Waals surface area contributed by atoms with E-state index in [1.807, 2.05) is 24.3 Å². The fraction of sp³-hybridized carbons (Fsp3) is 0.370. The summed E-state index contributed by atoms with van der Waals surface area (Å²) >= 11 is 0. The van der Waals surface area contributed by atoms with Crippen LogP contribution in [0.4, 0.5) is 0 Å². The molecule has 0 radical (unpaired) electrons. The second-order valence-corrected chi connectivity index (χ2v) is 10.6. The number of carbonyl (C=O) groups excluding carboxylic acids is 2. The van der Waals surface area contributed by atoms with E-state index in [-0.39, 0.29) is 28.9 Å². The summed E-state index contributed by atoms with van der Waals surface area (Å²) in [7, 11) is 0. The van der Waals surface area contributed by atoms with Crippen LogP contribution in [0.5, 0.6) is 0 Å². The normalized spacial score (nSPS) is 17.0. The van der Waals surface area contributed by atoms with Gasteiger partial charge < -0.3 is 15.1 Å². The molecule has 0 aliphatic carbocycles. The molecule has 0 saturated carbocycles. The number of carbonyl (C=O) groups is 3. The molecule has 0 spiro atoms. The summed E-state index contributed by atoms with van der Waals surface area (Å²) in [6.45, 7) is 11.7. The first kappa shape index (κ1) is 24.2. The number of ketones is 1. The smallest absolute Gasteiger partial charge is 0.335 e. The Labute approximate surface area is 194 Å². The van der Waals surface area contributed by atoms with Crippen molar-refractivity contribution in [1.82, 2.24) is 4.90 Å². The van der Waals surface area contributed by atoms with Gasteiger partial charge in [0.2, 0.25) is 0 Å². The molecule has 1 atom stereocenters. The van der Waals surface area contributed by atoms with Gasteiger partial charge in [-0.05, 0) is 34.2 Å². The van der Waals surface area contributed by atoms with Gasteiger partial charge in [-0.25, -0.2) is 4.79 Å². The minimum absolute atomic E-state index is 0.0579. The maximum atomic E-state index is 13.3. The van der Waals surface area contributed by atoms with Crippen molar-refractivity contribution in [1.29, 1.82) is 0 Å². The van der Waals surface area contributed by atoms with Gasteiger partial charge in [0.15, 0.2) is 11.5 Å². The maximum Gasteiger partial charge on any atom is 0.335 e. The molecule has 1 amide bonds. The first-order valence-corrected chi connectivity index (χ1v) is 10.9. The van der Waals surface area contributed by atoms with Crippen molar-refractivity contribution in [3.05, 3.63) is 82.1 Å². The summed E-state index contributed by atoms with van der Waals surface area (Å²) in [4.78, 5) is 39.0. The number of carboxylic acid groups (broad SMARTS) is 1. The van der Waals surface area contributed by atoms with Crippen molar-refractivity contribution < 1.29 is 24.6 Å². The molecule has 6 nitrogen and oxygen atoms in total. The van der Waals surface area contributed by atoms with Crippen LogP contribution in [0, 0.1) is 5.41 Å². The van der Waals surface area contributed by atoms with E-state index in [4.69, 9.17) is 5.11 Å². The van der Waals surface area contributed by atoms with Gasteiger partial charge in [-0.1, -0.05) is 77.9 Å². The molecule has 3 rings (SSSR count). The molecular formula is C27H31NO5. The van der Waals surface area contributed by atoms with Crippen molar-refractivity contribution in [2.75, 3.05) is 0 Å². The number of hydrogen-bond acceptors (Lipinski definition) is 4. The Balaban J connectivity index is 2.07. The van der Waals surface area contributed by atoms with E-state index in [9.17, 15) is 19.5 Å². The van der Waals surface area contributed by atoms with Gasteiger partial charge in [-0.3, -0.25) is 9.59 Å². The van der Waals surface area contributed by atoms with Crippen LogP contribution in [0.15, 0.2) is 59.9 Å². The molecule has 2 aromatic carbocycles. The van der Waals surface area contributed by atoms with Gasteiger partial charge in [-0.15, -0.1) is 0 Å². The first-order chi connectivity index (χ1) is 15.2. The van der Waals surface area contributed by atoms with Crippen molar-refractivity contribution in [2.45, 2.75) is 59.5 Å². The molecule has 0 aromatic heterocycles. The molecule has 33 heavy (non-hydrogen) atoms. The van der Waals surface area contributed by atoms with E-state index in [1.165, 1.54) is 17.0 Å². The topological polar surface area (TPSA) is 94.9 Å². The molecule has 0 saturated heterocycles. The number of hydrogen-bond donors (Lipinski definition) is 2. The van der Waals surface area contributed by atoms with Crippen molar-refractivity contribution >= 4 is 17.7 Å². The zero-order chi connectivity index (χ0) is 24.7. The number of rotatable bonds is 5. The van der Waals surface area contributed by atoms with E-state index in [0.717, 1.165) is 11.1 Å². The Hall–Kier alpha value is -3.41. The van der Waals surface area contributed by atoms with Gasteiger partial charge in [0.1, 0.15) is 0 Å². The van der Waals surface area contributed by atoms with Crippen molar-refractivity contribution in [2.24, 2.45) is 5.41 Å². The minimum atomic E-state index is -1.03. The molecule has 1 aliphatic heterocycles. The molecule has 0 bridgehead atoms. The van der Waals surface area contributed by atoms with Crippen LogP contribution in [0.1, 0.15) is 74.6 Å². The van der Waals surface area contributed by atoms with Gasteiger partial charge in [-0.2, -0.15) is 0 Å². The summed E-state index contributed by atoms with van der Waals surface area (Å²) in [5.41, 5.74) is 1.94. The van der Waals surface area contributed by atoms with E-state index in [0.29, 0.717) is 5.56 Å². The van der Waals surface area contributed by atoms with E-state index >= 15 is 0 Å². The third-order valence-electron chi connectivity index (χ3n) is 5.88. The number of benzene rings is 2. The van der Waals surface area contributed by atoms with Crippen molar-refractivity contribution in [3.63, 3.8) is 0 Å². The minimum Gasteiger partial charge on any atom is -0.503 e. The zero-order valence-corrected chi connectivity index (χ0v) is 20.0. The quantitative estimate of drug-likeness (QED) is 0.655. The number of Topliss-reactive ketones (excluding diaryl/α,β-unsaturated/α-hetero) is 1. The van der Waals surface area contributed by atoms with Crippen LogP contribution >= 0.6 is 0 Å². The highest BCUT2D eigenvalue weighted by Gasteiger charge is 2.45. The summed E-state index contributed by atoms with van der Waals surface area (Å²) in [6, 6.07) is 13.2. The molecule has 1 unspecified atom stereocenters. The predicted molar refractivity (Wildman–Crippen MR) is 126 cm³/mol. The Morgan fingerprint density at radius 3 is 1.91 bits per heavy atom.